The van der Waals surface area contributed by atoms with Crippen molar-refractivity contribution < 1.29 is 18.3 Å². The van der Waals surface area contributed by atoms with Crippen molar-refractivity contribution in [2.24, 2.45) is 0 Å². The van der Waals surface area contributed by atoms with Crippen LogP contribution < -0.4 is 10.5 Å². The number of halogens is 2. The summed E-state index contributed by atoms with van der Waals surface area (Å²) >= 11 is 0. The number of nitrogens with two attached hydrogens (primary N) is 1. The number of ether oxygens (including phenoxy) is 1. The Kier molecular flexibility index (Phi) is 2.69. The Morgan fingerprint density at radius 2 is 2.07 bits per heavy atom. The van der Waals surface area contributed by atoms with Crippen LogP contribution in [-0.2, 0) is 0 Å². The van der Waals surface area contributed by atoms with E-state index in [2.05, 4.69) is 4.74 Å². The van der Waals surface area contributed by atoms with Crippen molar-refractivity contribution in [3.63, 3.8) is 0 Å². The molecule has 2 N–H and O–H groups in total. The first-order valence-electron chi connectivity index (χ1n) is 3.81. The molecule has 76 valence electrons. The number of hydrogen-bond donors (Lipinski definition) is 1. The lowest BCUT2D eigenvalue weighted by atomic mass is 10.1. The highest BCUT2D eigenvalue weighted by Gasteiger charge is 2.19. The van der Waals surface area contributed by atoms with E-state index in [1.165, 1.54) is 14.0 Å². The van der Waals surface area contributed by atoms with Crippen molar-refractivity contribution >= 4 is 11.5 Å². The van der Waals surface area contributed by atoms with E-state index >= 15 is 0 Å². The maximum Gasteiger partial charge on any atom is 0.191 e. The number of rotatable bonds is 2. The minimum Gasteiger partial charge on any atom is -0.493 e. The maximum absolute atomic E-state index is 13.2. The predicted molar refractivity (Wildman–Crippen MR) is 47.3 cm³/mol. The summed E-state index contributed by atoms with van der Waals surface area (Å²) in [6.45, 7) is 1.19. The van der Waals surface area contributed by atoms with Gasteiger partial charge in [-0.2, -0.15) is 0 Å². The van der Waals surface area contributed by atoms with Gasteiger partial charge in [0, 0.05) is 0 Å². The van der Waals surface area contributed by atoms with E-state index in [1.54, 1.807) is 0 Å². The smallest absolute Gasteiger partial charge is 0.191 e. The third-order valence-corrected chi connectivity index (χ3v) is 1.79. The van der Waals surface area contributed by atoms with Gasteiger partial charge in [-0.05, 0) is 13.0 Å². The molecule has 0 spiro atoms. The van der Waals surface area contributed by atoms with Crippen molar-refractivity contribution in [2.45, 2.75) is 6.92 Å². The first-order chi connectivity index (χ1) is 6.49. The summed E-state index contributed by atoms with van der Waals surface area (Å²) in [5, 5.41) is 0. The van der Waals surface area contributed by atoms with Gasteiger partial charge in [-0.25, -0.2) is 8.78 Å². The van der Waals surface area contributed by atoms with Crippen LogP contribution in [0, 0.1) is 11.6 Å². The Morgan fingerprint density at radius 1 is 1.50 bits per heavy atom. The number of methoxy groups -OCH3 is 1. The standard InChI is InChI=1S/C9H9F2NO2/c1-4(13)5-3-6(10)8(12)7(11)9(5)14-2/h3H,12H2,1-2H3. The van der Waals surface area contributed by atoms with Gasteiger partial charge in [-0.1, -0.05) is 0 Å². The molecule has 0 unspecified atom stereocenters. The minimum atomic E-state index is -1.04. The monoisotopic (exact) mass is 201 g/mol. The first kappa shape index (κ1) is 10.4. The molecule has 0 aromatic heterocycles. The second kappa shape index (κ2) is 3.61. The summed E-state index contributed by atoms with van der Waals surface area (Å²) in [4.78, 5) is 11.0. The molecule has 0 saturated heterocycles. The van der Waals surface area contributed by atoms with Crippen molar-refractivity contribution in [2.75, 3.05) is 12.8 Å². The van der Waals surface area contributed by atoms with Gasteiger partial charge in [-0.15, -0.1) is 0 Å². The van der Waals surface area contributed by atoms with Crippen molar-refractivity contribution in [3.05, 3.63) is 23.3 Å². The number of nitrogen functional groups attached to an aromatic ring is 1. The highest BCUT2D eigenvalue weighted by atomic mass is 19.1. The summed E-state index contributed by atoms with van der Waals surface area (Å²) in [7, 11) is 1.18. The van der Waals surface area contributed by atoms with Gasteiger partial charge in [0.1, 0.15) is 11.5 Å². The normalized spacial score (nSPS) is 10.0. The second-order valence-electron chi connectivity index (χ2n) is 2.72. The first-order valence-corrected chi connectivity index (χ1v) is 3.81. The van der Waals surface area contributed by atoms with E-state index in [0.717, 1.165) is 6.07 Å². The summed E-state index contributed by atoms with van der Waals surface area (Å²) in [6.07, 6.45) is 0. The molecule has 1 rings (SSSR count). The molecule has 0 saturated carbocycles. The lowest BCUT2D eigenvalue weighted by Crippen LogP contribution is -2.05. The molecular formula is C9H9F2NO2. The van der Waals surface area contributed by atoms with Crippen LogP contribution in [0.2, 0.25) is 0 Å². The second-order valence-corrected chi connectivity index (χ2v) is 2.72. The zero-order valence-electron chi connectivity index (χ0n) is 7.73. The Morgan fingerprint density at radius 3 is 2.50 bits per heavy atom. The van der Waals surface area contributed by atoms with E-state index < -0.39 is 23.1 Å². The molecule has 0 radical (unpaired) electrons. The topological polar surface area (TPSA) is 52.3 Å². The quantitative estimate of drug-likeness (QED) is 0.585. The molecule has 0 atom stereocenters. The summed E-state index contributed by atoms with van der Waals surface area (Å²) < 4.78 is 30.8. The van der Waals surface area contributed by atoms with Crippen molar-refractivity contribution in [1.29, 1.82) is 0 Å². The van der Waals surface area contributed by atoms with E-state index in [-0.39, 0.29) is 11.3 Å². The van der Waals surface area contributed by atoms with E-state index in [4.69, 9.17) is 5.73 Å². The lowest BCUT2D eigenvalue weighted by molar-refractivity contribution is 0.101. The Labute approximate surface area is 79.5 Å². The van der Waals surface area contributed by atoms with Crippen LogP contribution in [0.5, 0.6) is 5.75 Å². The SMILES string of the molecule is COc1c(C(C)=O)cc(F)c(N)c1F. The summed E-state index contributed by atoms with van der Waals surface area (Å²) in [5.41, 5.74) is 4.28. The van der Waals surface area contributed by atoms with E-state index in [0.29, 0.717) is 0 Å². The van der Waals surface area contributed by atoms with Gasteiger partial charge >= 0.3 is 0 Å². The van der Waals surface area contributed by atoms with Gasteiger partial charge in [0.2, 0.25) is 0 Å². The fourth-order valence-corrected chi connectivity index (χ4v) is 1.08. The predicted octanol–water partition coefficient (Wildman–Crippen LogP) is 1.76. The molecule has 0 bridgehead atoms. The maximum atomic E-state index is 13.2. The molecule has 3 nitrogen and oxygen atoms in total. The minimum absolute atomic E-state index is 0.156. The molecule has 0 heterocycles. The summed E-state index contributed by atoms with van der Waals surface area (Å²) in [6, 6.07) is 0.861. The van der Waals surface area contributed by atoms with Crippen molar-refractivity contribution in [3.8, 4) is 5.75 Å². The van der Waals surface area contributed by atoms with Gasteiger partial charge < -0.3 is 10.5 Å². The molecular weight excluding hydrogens is 192 g/mol. The molecule has 0 aliphatic rings. The Bertz CT molecular complexity index is 391. The molecule has 0 aliphatic heterocycles. The zero-order valence-corrected chi connectivity index (χ0v) is 7.73. The Balaban J connectivity index is 3.51. The number of hydrogen-bond acceptors (Lipinski definition) is 3. The Hall–Kier alpha value is -1.65. The fraction of sp³-hybridized carbons (Fsp3) is 0.222. The highest BCUT2D eigenvalue weighted by molar-refractivity contribution is 5.97. The number of carbonyl (C=O) groups is 1. The molecule has 14 heavy (non-hydrogen) atoms. The van der Waals surface area contributed by atoms with Crippen molar-refractivity contribution in [1.82, 2.24) is 0 Å². The van der Waals surface area contributed by atoms with Crippen LogP contribution in [0.25, 0.3) is 0 Å². The largest absolute Gasteiger partial charge is 0.493 e. The van der Waals surface area contributed by atoms with Crippen LogP contribution in [0.1, 0.15) is 17.3 Å². The number of carbonyl (C=O) groups excluding carboxylic acids is 1. The number of Topliss-reactive ketones (excluding diaryl/α,β-unsaturated/α-hetero) is 1. The van der Waals surface area contributed by atoms with Gasteiger partial charge in [-0.3, -0.25) is 4.79 Å². The van der Waals surface area contributed by atoms with Gasteiger partial charge in [0.15, 0.2) is 17.3 Å². The van der Waals surface area contributed by atoms with Crippen LogP contribution in [0.3, 0.4) is 0 Å². The molecule has 1 aromatic carbocycles. The number of ketones is 1. The molecule has 1 aromatic rings. The molecule has 5 heteroatoms. The van der Waals surface area contributed by atoms with Crippen LogP contribution in [0.4, 0.5) is 14.5 Å². The third-order valence-electron chi connectivity index (χ3n) is 1.79. The lowest BCUT2D eigenvalue weighted by Gasteiger charge is -2.09. The van der Waals surface area contributed by atoms with E-state index in [1.807, 2.05) is 0 Å². The average molecular weight is 201 g/mol. The average Bonchev–Trinajstić information content (AvgIpc) is 2.13. The van der Waals surface area contributed by atoms with Gasteiger partial charge in [0.05, 0.1) is 12.7 Å². The van der Waals surface area contributed by atoms with Crippen LogP contribution in [-0.4, -0.2) is 12.9 Å². The highest BCUT2D eigenvalue weighted by Crippen LogP contribution is 2.29. The number of anilines is 1. The van der Waals surface area contributed by atoms with E-state index in [9.17, 15) is 13.6 Å². The number of benzene rings is 1. The zero-order chi connectivity index (χ0) is 10.9. The third kappa shape index (κ3) is 1.53. The molecule has 0 fully saturated rings. The van der Waals surface area contributed by atoms with Gasteiger partial charge in [0.25, 0.3) is 0 Å². The molecule has 0 aliphatic carbocycles. The van der Waals surface area contributed by atoms with Crippen LogP contribution in [0.15, 0.2) is 6.07 Å². The summed E-state index contributed by atoms with van der Waals surface area (Å²) in [5.74, 6) is -2.82. The van der Waals surface area contributed by atoms with Crippen LogP contribution >= 0.6 is 0 Å². The fourth-order valence-electron chi connectivity index (χ4n) is 1.08. The molecule has 0 amide bonds.